The summed E-state index contributed by atoms with van der Waals surface area (Å²) in [6.07, 6.45) is 5.90. The van der Waals surface area contributed by atoms with Crippen molar-refractivity contribution in [1.29, 1.82) is 0 Å². The van der Waals surface area contributed by atoms with E-state index in [1.807, 2.05) is 13.2 Å². The molecule has 0 aliphatic heterocycles. The minimum Gasteiger partial charge on any atom is -0.383 e. The molecule has 0 radical (unpaired) electrons. The van der Waals surface area contributed by atoms with Gasteiger partial charge in [0.15, 0.2) is 0 Å². The van der Waals surface area contributed by atoms with Crippen LogP contribution >= 0.6 is 23.5 Å². The molecule has 0 unspecified atom stereocenters. The van der Waals surface area contributed by atoms with Crippen molar-refractivity contribution in [2.75, 3.05) is 12.0 Å². The van der Waals surface area contributed by atoms with Crippen LogP contribution in [0.25, 0.3) is 0 Å². The van der Waals surface area contributed by atoms with E-state index in [0.717, 1.165) is 9.79 Å². The SMILES string of the molecule is C/C=C(\C)Sc1cc(SC)cnc1N. The van der Waals surface area contributed by atoms with Crippen LogP contribution in [0.5, 0.6) is 0 Å². The van der Waals surface area contributed by atoms with E-state index in [2.05, 4.69) is 24.1 Å². The zero-order chi connectivity index (χ0) is 10.6. The highest BCUT2D eigenvalue weighted by atomic mass is 32.2. The van der Waals surface area contributed by atoms with Gasteiger partial charge in [0, 0.05) is 11.1 Å². The van der Waals surface area contributed by atoms with Crippen LogP contribution in [0, 0.1) is 0 Å². The maximum atomic E-state index is 5.78. The fraction of sp³-hybridized carbons (Fsp3) is 0.300. The number of allylic oxidation sites excluding steroid dienone is 2. The van der Waals surface area contributed by atoms with Crippen molar-refractivity contribution in [1.82, 2.24) is 4.98 Å². The van der Waals surface area contributed by atoms with Gasteiger partial charge in [-0.2, -0.15) is 0 Å². The summed E-state index contributed by atoms with van der Waals surface area (Å²) >= 11 is 3.34. The minimum absolute atomic E-state index is 0.606. The number of nitrogens with zero attached hydrogens (tertiary/aromatic N) is 1. The molecule has 0 saturated heterocycles. The van der Waals surface area contributed by atoms with Crippen molar-refractivity contribution in [2.45, 2.75) is 23.6 Å². The number of nitrogens with two attached hydrogens (primary N) is 1. The van der Waals surface area contributed by atoms with E-state index >= 15 is 0 Å². The highest BCUT2D eigenvalue weighted by molar-refractivity contribution is 8.03. The standard InChI is InChI=1S/C10H14N2S2/c1-4-7(2)14-9-5-8(13-3)6-12-10(9)11/h4-6H,1-3H3,(H2,11,12)/b7-4+. The molecule has 0 amide bonds. The molecule has 0 spiro atoms. The Hall–Kier alpha value is -0.610. The number of aromatic nitrogens is 1. The molecule has 76 valence electrons. The lowest BCUT2D eigenvalue weighted by Crippen LogP contribution is -1.92. The Bertz CT molecular complexity index is 348. The smallest absolute Gasteiger partial charge is 0.137 e. The summed E-state index contributed by atoms with van der Waals surface area (Å²) in [6.45, 7) is 4.08. The third-order valence-corrected chi connectivity index (χ3v) is 3.57. The van der Waals surface area contributed by atoms with E-state index < -0.39 is 0 Å². The predicted molar refractivity (Wildman–Crippen MR) is 65.7 cm³/mol. The van der Waals surface area contributed by atoms with Crippen molar-refractivity contribution in [3.63, 3.8) is 0 Å². The Morgan fingerprint density at radius 3 is 2.86 bits per heavy atom. The summed E-state index contributed by atoms with van der Waals surface area (Å²) in [5.74, 6) is 0.606. The zero-order valence-corrected chi connectivity index (χ0v) is 10.2. The normalized spacial score (nSPS) is 11.8. The Labute approximate surface area is 93.4 Å². The summed E-state index contributed by atoms with van der Waals surface area (Å²) in [4.78, 5) is 7.56. The molecule has 4 heteroatoms. The monoisotopic (exact) mass is 226 g/mol. The first-order chi connectivity index (χ1) is 6.67. The van der Waals surface area contributed by atoms with Gasteiger partial charge in [0.25, 0.3) is 0 Å². The third kappa shape index (κ3) is 2.96. The van der Waals surface area contributed by atoms with E-state index in [9.17, 15) is 0 Å². The summed E-state index contributed by atoms with van der Waals surface area (Å²) < 4.78 is 0. The average molecular weight is 226 g/mol. The van der Waals surface area contributed by atoms with Crippen LogP contribution in [0.15, 0.2) is 33.0 Å². The van der Waals surface area contributed by atoms with E-state index in [1.165, 1.54) is 4.91 Å². The summed E-state index contributed by atoms with van der Waals surface area (Å²) in [6, 6.07) is 2.07. The molecule has 1 heterocycles. The molecule has 1 aromatic heterocycles. The number of rotatable bonds is 3. The lowest BCUT2D eigenvalue weighted by Gasteiger charge is -2.05. The van der Waals surface area contributed by atoms with Crippen LogP contribution < -0.4 is 5.73 Å². The number of anilines is 1. The molecule has 0 aliphatic carbocycles. The maximum absolute atomic E-state index is 5.78. The van der Waals surface area contributed by atoms with E-state index in [-0.39, 0.29) is 0 Å². The first-order valence-corrected chi connectivity index (χ1v) is 6.31. The first-order valence-electron chi connectivity index (χ1n) is 4.27. The molecule has 1 aromatic rings. The van der Waals surface area contributed by atoms with E-state index in [0.29, 0.717) is 5.82 Å². The molecule has 1 rings (SSSR count). The lowest BCUT2D eigenvalue weighted by atomic mass is 10.5. The third-order valence-electron chi connectivity index (χ3n) is 1.77. The van der Waals surface area contributed by atoms with Gasteiger partial charge < -0.3 is 5.73 Å². The highest BCUT2D eigenvalue weighted by Gasteiger charge is 2.03. The number of nitrogen functional groups attached to an aromatic ring is 1. The highest BCUT2D eigenvalue weighted by Crippen LogP contribution is 2.32. The Balaban J connectivity index is 2.95. The van der Waals surface area contributed by atoms with Gasteiger partial charge in [0.2, 0.25) is 0 Å². The molecule has 0 fully saturated rings. The van der Waals surface area contributed by atoms with Crippen molar-refractivity contribution >= 4 is 29.3 Å². The second kappa shape index (κ2) is 5.32. The van der Waals surface area contributed by atoms with Gasteiger partial charge in [0.1, 0.15) is 5.82 Å². The van der Waals surface area contributed by atoms with Crippen molar-refractivity contribution in [3.8, 4) is 0 Å². The number of hydrogen-bond donors (Lipinski definition) is 1. The van der Waals surface area contributed by atoms with Gasteiger partial charge in [-0.3, -0.25) is 0 Å². The van der Waals surface area contributed by atoms with Gasteiger partial charge in [-0.05, 0) is 31.1 Å². The summed E-state index contributed by atoms with van der Waals surface area (Å²) in [5, 5.41) is 0. The van der Waals surface area contributed by atoms with Crippen LogP contribution in [0.3, 0.4) is 0 Å². The number of hydrogen-bond acceptors (Lipinski definition) is 4. The van der Waals surface area contributed by atoms with E-state index in [4.69, 9.17) is 5.73 Å². The summed E-state index contributed by atoms with van der Waals surface area (Å²) in [7, 11) is 0. The number of thioether (sulfide) groups is 2. The largest absolute Gasteiger partial charge is 0.383 e. The molecule has 14 heavy (non-hydrogen) atoms. The second-order valence-corrected chi connectivity index (χ2v) is 4.93. The Kier molecular flexibility index (Phi) is 4.35. The molecule has 0 aliphatic rings. The first kappa shape index (κ1) is 11.5. The van der Waals surface area contributed by atoms with Crippen molar-refractivity contribution < 1.29 is 0 Å². The van der Waals surface area contributed by atoms with Gasteiger partial charge in [0.05, 0.1) is 4.90 Å². The molecular formula is C10H14N2S2. The quantitative estimate of drug-likeness (QED) is 0.802. The molecule has 2 N–H and O–H groups in total. The van der Waals surface area contributed by atoms with Crippen LogP contribution in [-0.2, 0) is 0 Å². The van der Waals surface area contributed by atoms with Gasteiger partial charge in [-0.25, -0.2) is 4.98 Å². The predicted octanol–water partition coefficient (Wildman–Crippen LogP) is 3.40. The van der Waals surface area contributed by atoms with Crippen LogP contribution in [-0.4, -0.2) is 11.2 Å². The van der Waals surface area contributed by atoms with Crippen LogP contribution in [0.4, 0.5) is 5.82 Å². The average Bonchev–Trinajstić information content (AvgIpc) is 2.21. The molecule has 0 bridgehead atoms. The van der Waals surface area contributed by atoms with Crippen LogP contribution in [0.1, 0.15) is 13.8 Å². The van der Waals surface area contributed by atoms with Gasteiger partial charge in [-0.1, -0.05) is 17.8 Å². The number of pyridine rings is 1. The topological polar surface area (TPSA) is 38.9 Å². The fourth-order valence-electron chi connectivity index (χ4n) is 0.863. The van der Waals surface area contributed by atoms with Gasteiger partial charge in [-0.15, -0.1) is 11.8 Å². The molecule has 0 aromatic carbocycles. The fourth-order valence-corrected chi connectivity index (χ4v) is 2.14. The molecule has 0 atom stereocenters. The zero-order valence-electron chi connectivity index (χ0n) is 8.57. The van der Waals surface area contributed by atoms with Crippen molar-refractivity contribution in [2.24, 2.45) is 0 Å². The summed E-state index contributed by atoms with van der Waals surface area (Å²) in [5.41, 5.74) is 5.78. The lowest BCUT2D eigenvalue weighted by molar-refractivity contribution is 1.17. The molecule has 2 nitrogen and oxygen atoms in total. The Morgan fingerprint density at radius 1 is 1.57 bits per heavy atom. The van der Waals surface area contributed by atoms with Gasteiger partial charge >= 0.3 is 0 Å². The van der Waals surface area contributed by atoms with Crippen LogP contribution in [0.2, 0.25) is 0 Å². The molecule has 0 saturated carbocycles. The molecular weight excluding hydrogens is 212 g/mol. The second-order valence-electron chi connectivity index (χ2n) is 2.76. The minimum atomic E-state index is 0.606. The Morgan fingerprint density at radius 2 is 2.29 bits per heavy atom. The maximum Gasteiger partial charge on any atom is 0.137 e. The van der Waals surface area contributed by atoms with Crippen molar-refractivity contribution in [3.05, 3.63) is 23.2 Å². The van der Waals surface area contributed by atoms with E-state index in [1.54, 1.807) is 29.7 Å².